The molecular formula is C50H43N4OPt-3. The smallest absolute Gasteiger partial charge is 0.135 e. The van der Waals surface area contributed by atoms with Crippen LogP contribution in [0.4, 0.5) is 11.4 Å². The van der Waals surface area contributed by atoms with Crippen molar-refractivity contribution in [1.29, 1.82) is 0 Å². The van der Waals surface area contributed by atoms with Gasteiger partial charge in [0, 0.05) is 50.0 Å². The molecule has 0 bridgehead atoms. The average Bonchev–Trinajstić information content (AvgIpc) is 3.74. The molecule has 9 rings (SSSR count). The summed E-state index contributed by atoms with van der Waals surface area (Å²) in [6, 6.07) is 55.7. The molecule has 0 N–H and O–H groups in total. The number of anilines is 2. The van der Waals surface area contributed by atoms with Crippen LogP contribution in [-0.2, 0) is 31.9 Å². The molecule has 6 heteroatoms. The number of pyridine rings is 1. The Morgan fingerprint density at radius 1 is 0.625 bits per heavy atom. The Balaban J connectivity index is 0.00000441. The van der Waals surface area contributed by atoms with E-state index in [9.17, 15) is 0 Å². The SMILES string of the molecule is CC(C)(C)c1ccnc(-n2c3[c-]c(Oc4[c-]c(N5[N-]C(c6ccc(C(C)(C)C)cc6-c6ccccc6)c6ccccc65)ccc4)ccc3c3ccccc32)c1.[Pt]. The molecule has 0 saturated carbocycles. The number of hydrogen-bond donors (Lipinski definition) is 0. The maximum atomic E-state index is 6.56. The first kappa shape index (κ1) is 37.4. The van der Waals surface area contributed by atoms with Crippen molar-refractivity contribution in [3.63, 3.8) is 0 Å². The Morgan fingerprint density at radius 3 is 2.14 bits per heavy atom. The van der Waals surface area contributed by atoms with E-state index >= 15 is 0 Å². The molecule has 5 nitrogen and oxygen atoms in total. The molecular weight excluding hydrogens is 868 g/mol. The molecule has 0 radical (unpaired) electrons. The molecule has 8 aromatic rings. The average molecular weight is 911 g/mol. The van der Waals surface area contributed by atoms with E-state index in [0.29, 0.717) is 11.5 Å². The van der Waals surface area contributed by atoms with Gasteiger partial charge in [-0.3, -0.25) is 0 Å². The van der Waals surface area contributed by atoms with Crippen LogP contribution in [0.1, 0.15) is 69.8 Å². The van der Waals surface area contributed by atoms with Gasteiger partial charge in [-0.1, -0.05) is 149 Å². The van der Waals surface area contributed by atoms with Crippen LogP contribution >= 0.6 is 0 Å². The number of aromatic nitrogens is 2. The van der Waals surface area contributed by atoms with E-state index in [4.69, 9.17) is 15.1 Å². The van der Waals surface area contributed by atoms with Crippen molar-refractivity contribution in [3.05, 3.63) is 186 Å². The Labute approximate surface area is 344 Å². The van der Waals surface area contributed by atoms with E-state index in [0.717, 1.165) is 44.6 Å². The fourth-order valence-corrected chi connectivity index (χ4v) is 7.62. The third-order valence-electron chi connectivity index (χ3n) is 10.6. The first-order valence-corrected chi connectivity index (χ1v) is 19.0. The second-order valence-corrected chi connectivity index (χ2v) is 16.4. The Morgan fingerprint density at radius 2 is 1.34 bits per heavy atom. The zero-order valence-corrected chi connectivity index (χ0v) is 34.7. The number of hydrogen-bond acceptors (Lipinski definition) is 3. The van der Waals surface area contributed by atoms with Crippen LogP contribution in [0, 0.1) is 12.1 Å². The topological polar surface area (TPSA) is 44.4 Å². The second-order valence-electron chi connectivity index (χ2n) is 16.4. The third-order valence-corrected chi connectivity index (χ3v) is 10.6. The van der Waals surface area contributed by atoms with Gasteiger partial charge < -0.3 is 19.7 Å². The van der Waals surface area contributed by atoms with Crippen LogP contribution in [0.3, 0.4) is 0 Å². The van der Waals surface area contributed by atoms with Crippen LogP contribution in [-0.4, -0.2) is 9.55 Å². The summed E-state index contributed by atoms with van der Waals surface area (Å²) >= 11 is 0. The summed E-state index contributed by atoms with van der Waals surface area (Å²) in [4.78, 5) is 4.83. The Kier molecular flexibility index (Phi) is 9.73. The van der Waals surface area contributed by atoms with E-state index in [2.05, 4.69) is 174 Å². The zero-order chi connectivity index (χ0) is 37.9. The number of ether oxygens (including phenoxy) is 1. The van der Waals surface area contributed by atoms with Crippen molar-refractivity contribution < 1.29 is 25.8 Å². The van der Waals surface area contributed by atoms with E-state index in [1.165, 1.54) is 27.8 Å². The molecule has 3 heterocycles. The third kappa shape index (κ3) is 6.84. The second kappa shape index (κ2) is 14.5. The van der Waals surface area contributed by atoms with Gasteiger partial charge in [0.15, 0.2) is 0 Å². The molecule has 0 fully saturated rings. The number of para-hydroxylation sites is 2. The summed E-state index contributed by atoms with van der Waals surface area (Å²) in [6.45, 7) is 13.5. The minimum absolute atomic E-state index is 0. The minimum atomic E-state index is -0.193. The van der Waals surface area contributed by atoms with Gasteiger partial charge in [-0.25, -0.2) is 4.98 Å². The summed E-state index contributed by atoms with van der Waals surface area (Å²) in [6.07, 6.45) is 1.90. The summed E-state index contributed by atoms with van der Waals surface area (Å²) in [5, 5.41) is 4.24. The summed E-state index contributed by atoms with van der Waals surface area (Å²) in [7, 11) is 0. The van der Waals surface area contributed by atoms with E-state index < -0.39 is 0 Å². The number of nitrogens with zero attached hydrogens (tertiary/aromatic N) is 4. The molecule has 2 aromatic heterocycles. The van der Waals surface area contributed by atoms with Gasteiger partial charge in [0.25, 0.3) is 0 Å². The largest absolute Gasteiger partial charge is 0.554 e. The van der Waals surface area contributed by atoms with Gasteiger partial charge in [0.1, 0.15) is 5.82 Å². The van der Waals surface area contributed by atoms with Gasteiger partial charge in [-0.05, 0) is 68.3 Å². The van der Waals surface area contributed by atoms with E-state index in [-0.39, 0.29) is 37.9 Å². The van der Waals surface area contributed by atoms with Crippen LogP contribution in [0.5, 0.6) is 11.5 Å². The normalized spacial score (nSPS) is 14.2. The molecule has 1 atom stereocenters. The predicted octanol–water partition coefficient (Wildman–Crippen LogP) is 13.4. The van der Waals surface area contributed by atoms with Gasteiger partial charge in [-0.15, -0.1) is 35.7 Å². The Bertz CT molecular complexity index is 2700. The van der Waals surface area contributed by atoms with Crippen LogP contribution in [0.25, 0.3) is 44.2 Å². The van der Waals surface area contributed by atoms with Crippen molar-refractivity contribution in [3.8, 4) is 28.4 Å². The first-order chi connectivity index (χ1) is 26.5. The summed E-state index contributed by atoms with van der Waals surface area (Å²) in [5.74, 6) is 2.03. The molecule has 0 aliphatic carbocycles. The van der Waals surface area contributed by atoms with Gasteiger partial charge >= 0.3 is 0 Å². The standard InChI is InChI=1S/C50H43N4O.Pt/c1-49(2,3)34-23-25-41(43(29-34)33-15-8-7-9-16-33)48-42-20-11-13-22-45(42)54(52-48)36-17-14-18-37(31-36)55-38-24-26-40-39-19-10-12-21-44(39)53(46(40)32-38)47-30-35(27-28-51-47)50(4,5)6;/h7-30,48H,1-6H3;/q-3;. The van der Waals surface area contributed by atoms with Gasteiger partial charge in [0.05, 0.1) is 0 Å². The fourth-order valence-electron chi connectivity index (χ4n) is 7.62. The molecule has 1 aliphatic rings. The Hall–Kier alpha value is -5.48. The molecule has 6 aromatic carbocycles. The monoisotopic (exact) mass is 910 g/mol. The number of benzene rings is 6. The fraction of sp³-hybridized carbons (Fsp3) is 0.180. The number of rotatable bonds is 6. The van der Waals surface area contributed by atoms with E-state index in [1.54, 1.807) is 0 Å². The van der Waals surface area contributed by atoms with Crippen LogP contribution < -0.4 is 9.75 Å². The van der Waals surface area contributed by atoms with E-state index in [1.807, 2.05) is 35.5 Å². The van der Waals surface area contributed by atoms with Gasteiger partial charge in [-0.2, -0.15) is 12.1 Å². The van der Waals surface area contributed by atoms with Crippen LogP contribution in [0.2, 0.25) is 0 Å². The minimum Gasteiger partial charge on any atom is -0.554 e. The first-order valence-electron chi connectivity index (χ1n) is 19.0. The quantitative estimate of drug-likeness (QED) is 0.156. The number of fused-ring (bicyclic) bond motifs is 4. The molecule has 0 saturated heterocycles. The predicted molar refractivity (Wildman–Crippen MR) is 226 cm³/mol. The molecule has 282 valence electrons. The maximum absolute atomic E-state index is 6.56. The van der Waals surface area contributed by atoms with Crippen molar-refractivity contribution in [1.82, 2.24) is 9.55 Å². The molecule has 0 amide bonds. The molecule has 56 heavy (non-hydrogen) atoms. The molecule has 1 aliphatic heterocycles. The molecule has 1 unspecified atom stereocenters. The summed E-state index contributed by atoms with van der Waals surface area (Å²) in [5.41, 5.74) is 16.4. The van der Waals surface area contributed by atoms with Gasteiger partial charge in [0.2, 0.25) is 0 Å². The molecule has 0 spiro atoms. The van der Waals surface area contributed by atoms with Crippen molar-refractivity contribution in [2.45, 2.75) is 58.4 Å². The zero-order valence-electron chi connectivity index (χ0n) is 32.4. The van der Waals surface area contributed by atoms with Crippen LogP contribution in [0.15, 0.2) is 146 Å². The maximum Gasteiger partial charge on any atom is 0.135 e. The van der Waals surface area contributed by atoms with Crippen molar-refractivity contribution >= 4 is 33.2 Å². The van der Waals surface area contributed by atoms with Crippen molar-refractivity contribution in [2.75, 3.05) is 5.01 Å². The summed E-state index contributed by atoms with van der Waals surface area (Å²) < 4.78 is 8.75. The van der Waals surface area contributed by atoms with Crippen molar-refractivity contribution in [2.24, 2.45) is 0 Å².